The molecule has 0 spiro atoms. The molecular formula is C21H18Cl2N2O5S. The number of carbonyl (C=O) groups is 1. The van der Waals surface area contributed by atoms with Crippen molar-refractivity contribution in [2.24, 2.45) is 0 Å². The van der Waals surface area contributed by atoms with Crippen LogP contribution in [0.15, 0.2) is 53.4 Å². The Balaban J connectivity index is 1.54. The number of benzene rings is 2. The van der Waals surface area contributed by atoms with Gasteiger partial charge in [0.05, 0.1) is 29.3 Å². The minimum atomic E-state index is -3.86. The molecule has 0 unspecified atom stereocenters. The summed E-state index contributed by atoms with van der Waals surface area (Å²) in [4.78, 5) is 16.8. The van der Waals surface area contributed by atoms with Gasteiger partial charge in [-0.25, -0.2) is 18.2 Å². The second-order valence-electron chi connectivity index (χ2n) is 6.87. The van der Waals surface area contributed by atoms with Gasteiger partial charge in [0, 0.05) is 24.0 Å². The number of pyridine rings is 1. The van der Waals surface area contributed by atoms with Crippen LogP contribution in [0.2, 0.25) is 10.2 Å². The second-order valence-corrected chi connectivity index (χ2v) is 9.54. The number of hydrogen-bond donors (Lipinski definition) is 0. The van der Waals surface area contributed by atoms with Crippen LogP contribution in [-0.2, 0) is 26.1 Å². The van der Waals surface area contributed by atoms with Crippen molar-refractivity contribution in [1.82, 2.24) is 9.29 Å². The first kappa shape index (κ1) is 22.0. The Bertz CT molecular complexity index is 1240. The minimum absolute atomic E-state index is 0.0322. The maximum atomic E-state index is 12.9. The van der Waals surface area contributed by atoms with Crippen LogP contribution in [0.5, 0.6) is 0 Å². The average molecular weight is 481 g/mol. The molecule has 4 rings (SSSR count). The number of hydrogen-bond acceptors (Lipinski definition) is 6. The molecule has 162 valence electrons. The Morgan fingerprint density at radius 2 is 1.84 bits per heavy atom. The normalized spacial score (nSPS) is 15.2. The predicted molar refractivity (Wildman–Crippen MR) is 117 cm³/mol. The van der Waals surface area contributed by atoms with E-state index in [1.807, 2.05) is 24.3 Å². The molecule has 1 aromatic heterocycles. The van der Waals surface area contributed by atoms with E-state index in [2.05, 4.69) is 4.98 Å². The highest BCUT2D eigenvalue weighted by Crippen LogP contribution is 2.27. The van der Waals surface area contributed by atoms with Gasteiger partial charge >= 0.3 is 5.97 Å². The molecule has 7 nitrogen and oxygen atoms in total. The fourth-order valence-corrected chi connectivity index (χ4v) is 5.33. The van der Waals surface area contributed by atoms with Crippen molar-refractivity contribution in [2.45, 2.75) is 11.5 Å². The number of sulfonamides is 1. The number of carbonyl (C=O) groups excluding carboxylic acids is 1. The van der Waals surface area contributed by atoms with Crippen molar-refractivity contribution in [3.8, 4) is 0 Å². The largest absolute Gasteiger partial charge is 0.457 e. The van der Waals surface area contributed by atoms with E-state index in [0.717, 1.165) is 10.9 Å². The van der Waals surface area contributed by atoms with Gasteiger partial charge in [0.2, 0.25) is 10.0 Å². The van der Waals surface area contributed by atoms with Gasteiger partial charge in [-0.1, -0.05) is 41.4 Å². The van der Waals surface area contributed by atoms with Crippen molar-refractivity contribution in [3.63, 3.8) is 0 Å². The van der Waals surface area contributed by atoms with E-state index in [4.69, 9.17) is 32.7 Å². The summed E-state index contributed by atoms with van der Waals surface area (Å²) >= 11 is 12.3. The number of para-hydroxylation sites is 1. The van der Waals surface area contributed by atoms with Crippen molar-refractivity contribution in [1.29, 1.82) is 0 Å². The smallest absolute Gasteiger partial charge is 0.338 e. The summed E-state index contributed by atoms with van der Waals surface area (Å²) in [7, 11) is -3.86. The zero-order valence-corrected chi connectivity index (χ0v) is 18.6. The fraction of sp³-hybridized carbons (Fsp3) is 0.238. The molecule has 10 heteroatoms. The number of halogens is 2. The molecule has 0 amide bonds. The monoisotopic (exact) mass is 480 g/mol. The van der Waals surface area contributed by atoms with Gasteiger partial charge in [-0.05, 0) is 30.3 Å². The summed E-state index contributed by atoms with van der Waals surface area (Å²) < 4.78 is 37.7. The van der Waals surface area contributed by atoms with Gasteiger partial charge in [-0.15, -0.1) is 0 Å². The lowest BCUT2D eigenvalue weighted by molar-refractivity contribution is 0.0472. The molecule has 0 atom stereocenters. The molecule has 31 heavy (non-hydrogen) atoms. The number of rotatable bonds is 5. The van der Waals surface area contributed by atoms with Crippen LogP contribution in [0.3, 0.4) is 0 Å². The Hall–Kier alpha value is -2.23. The molecule has 0 aliphatic carbocycles. The van der Waals surface area contributed by atoms with Gasteiger partial charge < -0.3 is 9.47 Å². The zero-order valence-electron chi connectivity index (χ0n) is 16.3. The summed E-state index contributed by atoms with van der Waals surface area (Å²) in [5.41, 5.74) is 1.35. The van der Waals surface area contributed by atoms with Gasteiger partial charge in [-0.2, -0.15) is 4.31 Å². The second kappa shape index (κ2) is 9.10. The van der Waals surface area contributed by atoms with Crippen LogP contribution in [0, 0.1) is 0 Å². The number of aromatic nitrogens is 1. The summed E-state index contributed by atoms with van der Waals surface area (Å²) in [5, 5.41) is 1.13. The van der Waals surface area contributed by atoms with Gasteiger partial charge in [-0.3, -0.25) is 0 Å². The quantitative estimate of drug-likeness (QED) is 0.406. The lowest BCUT2D eigenvalue weighted by Crippen LogP contribution is -2.40. The molecule has 0 N–H and O–H groups in total. The lowest BCUT2D eigenvalue weighted by Gasteiger charge is -2.26. The molecule has 0 bridgehead atoms. The van der Waals surface area contributed by atoms with Crippen LogP contribution in [-0.4, -0.2) is 50.0 Å². The molecule has 0 saturated carbocycles. The van der Waals surface area contributed by atoms with Crippen LogP contribution < -0.4 is 0 Å². The minimum Gasteiger partial charge on any atom is -0.457 e. The van der Waals surface area contributed by atoms with E-state index in [-0.39, 0.29) is 40.3 Å². The Labute approximate surface area is 189 Å². The number of nitrogens with zero attached hydrogens (tertiary/aromatic N) is 2. The predicted octanol–water partition coefficient (Wildman–Crippen LogP) is 3.92. The average Bonchev–Trinajstić information content (AvgIpc) is 2.78. The highest BCUT2D eigenvalue weighted by atomic mass is 35.5. The molecule has 1 aliphatic heterocycles. The standard InChI is InChI=1S/C21H18Cl2N2O5S/c22-17-6-5-15(12-19(17)31(27,28)25-7-9-29-10-8-25)21(26)30-13-16-11-14-3-1-2-4-18(14)24-20(16)23/h1-6,11-12H,7-10,13H2. The van der Waals surface area contributed by atoms with Gasteiger partial charge in [0.15, 0.2) is 0 Å². The Kier molecular flexibility index (Phi) is 6.45. The maximum absolute atomic E-state index is 12.9. The topological polar surface area (TPSA) is 85.8 Å². The van der Waals surface area contributed by atoms with Crippen molar-refractivity contribution in [2.75, 3.05) is 26.3 Å². The molecular weight excluding hydrogens is 463 g/mol. The van der Waals surface area contributed by atoms with Crippen LogP contribution >= 0.6 is 23.2 Å². The first-order chi connectivity index (χ1) is 14.9. The van der Waals surface area contributed by atoms with E-state index >= 15 is 0 Å². The van der Waals surface area contributed by atoms with E-state index in [1.54, 1.807) is 6.07 Å². The highest BCUT2D eigenvalue weighted by Gasteiger charge is 2.29. The Morgan fingerprint density at radius 3 is 2.61 bits per heavy atom. The molecule has 2 heterocycles. The number of ether oxygens (including phenoxy) is 2. The van der Waals surface area contributed by atoms with E-state index < -0.39 is 16.0 Å². The number of fused-ring (bicyclic) bond motifs is 1. The summed E-state index contributed by atoms with van der Waals surface area (Å²) in [6.07, 6.45) is 0. The highest BCUT2D eigenvalue weighted by molar-refractivity contribution is 7.89. The molecule has 1 saturated heterocycles. The lowest BCUT2D eigenvalue weighted by atomic mass is 10.1. The first-order valence-electron chi connectivity index (χ1n) is 9.45. The van der Waals surface area contributed by atoms with Gasteiger partial charge in [0.25, 0.3) is 0 Å². The summed E-state index contributed by atoms with van der Waals surface area (Å²) in [6.45, 7) is 0.948. The third-order valence-corrected chi connectivity index (χ3v) is 7.57. The molecule has 1 fully saturated rings. The van der Waals surface area contributed by atoms with Crippen molar-refractivity contribution in [3.05, 3.63) is 69.8 Å². The molecule has 1 aliphatic rings. The molecule has 3 aromatic rings. The third-order valence-electron chi connectivity index (χ3n) is 4.86. The number of esters is 1. The van der Waals surface area contributed by atoms with Crippen LogP contribution in [0.25, 0.3) is 10.9 Å². The van der Waals surface area contributed by atoms with Gasteiger partial charge in [0.1, 0.15) is 16.7 Å². The van der Waals surface area contributed by atoms with Crippen molar-refractivity contribution >= 4 is 50.1 Å². The van der Waals surface area contributed by atoms with E-state index in [1.165, 1.54) is 22.5 Å². The third kappa shape index (κ3) is 4.68. The Morgan fingerprint density at radius 1 is 1.10 bits per heavy atom. The molecule has 2 aromatic carbocycles. The van der Waals surface area contributed by atoms with E-state index in [9.17, 15) is 13.2 Å². The molecule has 0 radical (unpaired) electrons. The SMILES string of the molecule is O=C(OCc1cc2ccccc2nc1Cl)c1ccc(Cl)c(S(=O)(=O)N2CCOCC2)c1. The zero-order chi connectivity index (χ0) is 22.0. The van der Waals surface area contributed by atoms with E-state index in [0.29, 0.717) is 18.8 Å². The van der Waals surface area contributed by atoms with Crippen LogP contribution in [0.4, 0.5) is 0 Å². The first-order valence-corrected chi connectivity index (χ1v) is 11.6. The number of morpholine rings is 1. The maximum Gasteiger partial charge on any atom is 0.338 e. The fourth-order valence-electron chi connectivity index (χ4n) is 3.22. The summed E-state index contributed by atoms with van der Waals surface area (Å²) in [6, 6.07) is 13.3. The van der Waals surface area contributed by atoms with Crippen molar-refractivity contribution < 1.29 is 22.7 Å². The van der Waals surface area contributed by atoms with Crippen LogP contribution in [0.1, 0.15) is 15.9 Å². The summed E-state index contributed by atoms with van der Waals surface area (Å²) in [5.74, 6) is -0.695.